The first-order chi connectivity index (χ1) is 8.51. The summed E-state index contributed by atoms with van der Waals surface area (Å²) in [6.45, 7) is 4.85. The molecule has 2 saturated heterocycles. The molecular formula is C12H23NO3S2. The molecule has 2 aliphatic heterocycles. The van der Waals surface area contributed by atoms with Crippen LogP contribution in [0.25, 0.3) is 0 Å². The minimum absolute atomic E-state index is 0.101. The van der Waals surface area contributed by atoms with Crippen LogP contribution in [-0.2, 0) is 14.8 Å². The van der Waals surface area contributed by atoms with Crippen LogP contribution >= 0.6 is 11.8 Å². The van der Waals surface area contributed by atoms with Gasteiger partial charge < -0.3 is 4.74 Å². The van der Waals surface area contributed by atoms with Crippen LogP contribution in [0.4, 0.5) is 0 Å². The van der Waals surface area contributed by atoms with Gasteiger partial charge in [-0.05, 0) is 38.9 Å². The molecular weight excluding hydrogens is 270 g/mol. The molecule has 0 aliphatic carbocycles. The van der Waals surface area contributed by atoms with E-state index in [0.717, 1.165) is 37.4 Å². The molecule has 0 aromatic heterocycles. The molecule has 2 atom stereocenters. The summed E-state index contributed by atoms with van der Waals surface area (Å²) in [5.41, 5.74) is 0. The molecule has 2 fully saturated rings. The Labute approximate surface area is 114 Å². The Hall–Kier alpha value is 0.220. The van der Waals surface area contributed by atoms with Crippen molar-refractivity contribution in [3.05, 3.63) is 0 Å². The average Bonchev–Trinajstić information content (AvgIpc) is 2.98. The molecule has 2 heterocycles. The SMILES string of the molecule is CC(C)S(=O)(=O)N(CC1CCCO1)C1CCSC1. The number of rotatable bonds is 5. The monoisotopic (exact) mass is 293 g/mol. The molecule has 2 rings (SSSR count). The Morgan fingerprint density at radius 3 is 2.67 bits per heavy atom. The van der Waals surface area contributed by atoms with Crippen LogP contribution in [0.3, 0.4) is 0 Å². The second kappa shape index (κ2) is 6.11. The van der Waals surface area contributed by atoms with E-state index in [0.29, 0.717) is 6.54 Å². The minimum Gasteiger partial charge on any atom is -0.377 e. The maximum atomic E-state index is 12.5. The summed E-state index contributed by atoms with van der Waals surface area (Å²) in [6, 6.07) is 0.173. The Morgan fingerprint density at radius 1 is 1.39 bits per heavy atom. The molecule has 0 amide bonds. The van der Waals surface area contributed by atoms with E-state index in [2.05, 4.69) is 0 Å². The summed E-state index contributed by atoms with van der Waals surface area (Å²) >= 11 is 1.85. The summed E-state index contributed by atoms with van der Waals surface area (Å²) in [4.78, 5) is 0. The molecule has 2 unspecified atom stereocenters. The van der Waals surface area contributed by atoms with E-state index in [1.807, 2.05) is 11.8 Å². The molecule has 0 bridgehead atoms. The fourth-order valence-corrected chi connectivity index (χ4v) is 5.30. The van der Waals surface area contributed by atoms with E-state index < -0.39 is 10.0 Å². The third-order valence-corrected chi connectivity index (χ3v) is 7.08. The van der Waals surface area contributed by atoms with Gasteiger partial charge in [0.15, 0.2) is 0 Å². The minimum atomic E-state index is -3.17. The maximum Gasteiger partial charge on any atom is 0.216 e. The molecule has 0 aromatic carbocycles. The van der Waals surface area contributed by atoms with Crippen LogP contribution in [0, 0.1) is 0 Å². The third kappa shape index (κ3) is 3.21. The molecule has 18 heavy (non-hydrogen) atoms. The molecule has 2 aliphatic rings. The number of hydrogen-bond donors (Lipinski definition) is 0. The van der Waals surface area contributed by atoms with Crippen LogP contribution in [0.5, 0.6) is 0 Å². The Morgan fingerprint density at radius 2 is 2.17 bits per heavy atom. The average molecular weight is 293 g/mol. The smallest absolute Gasteiger partial charge is 0.216 e. The van der Waals surface area contributed by atoms with E-state index in [1.165, 1.54) is 0 Å². The number of hydrogen-bond acceptors (Lipinski definition) is 4. The maximum absolute atomic E-state index is 12.5. The summed E-state index contributed by atoms with van der Waals surface area (Å²) in [6.07, 6.45) is 3.12. The lowest BCUT2D eigenvalue weighted by atomic mass is 10.2. The summed E-state index contributed by atoms with van der Waals surface area (Å²) in [7, 11) is -3.17. The van der Waals surface area contributed by atoms with Gasteiger partial charge in [-0.25, -0.2) is 8.42 Å². The van der Waals surface area contributed by atoms with E-state index in [-0.39, 0.29) is 17.4 Å². The molecule has 0 saturated carbocycles. The van der Waals surface area contributed by atoms with E-state index in [4.69, 9.17) is 4.74 Å². The van der Waals surface area contributed by atoms with Gasteiger partial charge >= 0.3 is 0 Å². The van der Waals surface area contributed by atoms with Gasteiger partial charge in [-0.3, -0.25) is 0 Å². The normalized spacial score (nSPS) is 29.6. The van der Waals surface area contributed by atoms with Crippen molar-refractivity contribution in [2.75, 3.05) is 24.7 Å². The lowest BCUT2D eigenvalue weighted by molar-refractivity contribution is 0.0875. The van der Waals surface area contributed by atoms with Crippen LogP contribution < -0.4 is 0 Å². The lowest BCUT2D eigenvalue weighted by Crippen LogP contribution is -2.47. The quantitative estimate of drug-likeness (QED) is 0.774. The van der Waals surface area contributed by atoms with Gasteiger partial charge in [-0.15, -0.1) is 0 Å². The zero-order valence-corrected chi connectivity index (χ0v) is 12.8. The Kier molecular flexibility index (Phi) is 4.97. The largest absolute Gasteiger partial charge is 0.377 e. The van der Waals surface area contributed by atoms with E-state index in [1.54, 1.807) is 18.2 Å². The van der Waals surface area contributed by atoms with Crippen molar-refractivity contribution in [3.63, 3.8) is 0 Å². The first kappa shape index (κ1) is 14.6. The predicted octanol–water partition coefficient (Wildman–Crippen LogP) is 1.71. The summed E-state index contributed by atoms with van der Waals surface area (Å²) < 4.78 is 32.3. The molecule has 0 N–H and O–H groups in total. The topological polar surface area (TPSA) is 46.6 Å². The van der Waals surface area contributed by atoms with Gasteiger partial charge in [0.2, 0.25) is 10.0 Å². The van der Waals surface area contributed by atoms with Crippen molar-refractivity contribution in [2.24, 2.45) is 0 Å². The van der Waals surface area contributed by atoms with Crippen molar-refractivity contribution in [1.82, 2.24) is 4.31 Å². The van der Waals surface area contributed by atoms with Crippen LogP contribution in [0.1, 0.15) is 33.1 Å². The van der Waals surface area contributed by atoms with Gasteiger partial charge in [0.25, 0.3) is 0 Å². The van der Waals surface area contributed by atoms with Crippen molar-refractivity contribution in [3.8, 4) is 0 Å². The molecule has 0 radical (unpaired) electrons. The standard InChI is InChI=1S/C12H23NO3S2/c1-10(2)18(14,15)13(11-5-7-17-9-11)8-12-4-3-6-16-12/h10-12H,3-9H2,1-2H3. The second-order valence-corrected chi connectivity index (χ2v) is 8.91. The zero-order valence-electron chi connectivity index (χ0n) is 11.2. The second-order valence-electron chi connectivity index (χ2n) is 5.32. The van der Waals surface area contributed by atoms with Crippen LogP contribution in [0.15, 0.2) is 0 Å². The summed E-state index contributed by atoms with van der Waals surface area (Å²) in [5, 5.41) is -0.343. The van der Waals surface area contributed by atoms with Gasteiger partial charge in [0, 0.05) is 24.9 Å². The van der Waals surface area contributed by atoms with Crippen LogP contribution in [-0.4, -0.2) is 54.8 Å². The van der Waals surface area contributed by atoms with Gasteiger partial charge in [-0.1, -0.05) is 0 Å². The summed E-state index contributed by atoms with van der Waals surface area (Å²) in [5.74, 6) is 2.00. The molecule has 106 valence electrons. The first-order valence-corrected chi connectivity index (χ1v) is 9.37. The molecule has 4 nitrogen and oxygen atoms in total. The Bertz CT molecular complexity index is 358. The lowest BCUT2D eigenvalue weighted by Gasteiger charge is -2.31. The highest BCUT2D eigenvalue weighted by atomic mass is 32.2. The number of nitrogens with zero attached hydrogens (tertiary/aromatic N) is 1. The first-order valence-electron chi connectivity index (χ1n) is 6.72. The highest BCUT2D eigenvalue weighted by Crippen LogP contribution is 2.27. The van der Waals surface area contributed by atoms with Crippen LogP contribution in [0.2, 0.25) is 0 Å². The van der Waals surface area contributed by atoms with Gasteiger partial charge in [0.05, 0.1) is 11.4 Å². The van der Waals surface area contributed by atoms with E-state index in [9.17, 15) is 8.42 Å². The van der Waals surface area contributed by atoms with Crippen molar-refractivity contribution >= 4 is 21.8 Å². The van der Waals surface area contributed by atoms with Crippen molar-refractivity contribution < 1.29 is 13.2 Å². The number of sulfonamides is 1. The zero-order chi connectivity index (χ0) is 13.2. The number of ether oxygens (including phenoxy) is 1. The fourth-order valence-electron chi connectivity index (χ4n) is 2.47. The van der Waals surface area contributed by atoms with E-state index >= 15 is 0 Å². The highest BCUT2D eigenvalue weighted by Gasteiger charge is 2.36. The van der Waals surface area contributed by atoms with Gasteiger partial charge in [-0.2, -0.15) is 16.1 Å². The fraction of sp³-hybridized carbons (Fsp3) is 1.00. The molecule has 0 aromatic rings. The third-order valence-electron chi connectivity index (χ3n) is 3.64. The molecule has 6 heteroatoms. The predicted molar refractivity (Wildman–Crippen MR) is 75.5 cm³/mol. The molecule has 0 spiro atoms. The highest BCUT2D eigenvalue weighted by molar-refractivity contribution is 7.99. The number of thioether (sulfide) groups is 1. The van der Waals surface area contributed by atoms with Crippen molar-refractivity contribution in [2.45, 2.75) is 50.5 Å². The van der Waals surface area contributed by atoms with Gasteiger partial charge in [0.1, 0.15) is 0 Å². The van der Waals surface area contributed by atoms with Crippen molar-refractivity contribution in [1.29, 1.82) is 0 Å². The Balaban J connectivity index is 2.11.